The number of carbonyl (C=O) groups is 1. The van der Waals surface area contributed by atoms with Crippen molar-refractivity contribution in [1.29, 1.82) is 0 Å². The van der Waals surface area contributed by atoms with Gasteiger partial charge in [-0.2, -0.15) is 0 Å². The molecule has 0 spiro atoms. The van der Waals surface area contributed by atoms with Crippen LogP contribution in [0, 0.1) is 0 Å². The van der Waals surface area contributed by atoms with E-state index in [0.717, 1.165) is 22.6 Å². The Kier molecular flexibility index (Phi) is 6.16. The molecule has 28 heavy (non-hydrogen) atoms. The van der Waals surface area contributed by atoms with Crippen molar-refractivity contribution in [2.45, 2.75) is 30.4 Å². The zero-order chi connectivity index (χ0) is 20.1. The van der Waals surface area contributed by atoms with Crippen LogP contribution in [0.3, 0.4) is 0 Å². The van der Waals surface area contributed by atoms with Crippen LogP contribution in [-0.4, -0.2) is 14.3 Å². The van der Waals surface area contributed by atoms with E-state index in [2.05, 4.69) is 23.9 Å². The molecule has 0 fully saturated rings. The molecule has 1 heterocycles. The largest absolute Gasteiger partial charge is 0.326 e. The highest BCUT2D eigenvalue weighted by Gasteiger charge is 2.15. The average Bonchev–Trinajstić information content (AvgIpc) is 3.19. The number of thiophene rings is 1. The van der Waals surface area contributed by atoms with Crippen molar-refractivity contribution < 1.29 is 13.2 Å². The van der Waals surface area contributed by atoms with Gasteiger partial charge in [-0.15, -0.1) is 11.3 Å². The number of benzene rings is 2. The maximum atomic E-state index is 12.3. The van der Waals surface area contributed by atoms with Crippen molar-refractivity contribution in [2.24, 2.45) is 0 Å². The lowest BCUT2D eigenvalue weighted by Crippen LogP contribution is -2.15. The van der Waals surface area contributed by atoms with Crippen LogP contribution in [-0.2, 0) is 21.2 Å². The molecule has 1 aromatic heterocycles. The molecule has 0 aliphatic rings. The molecule has 5 nitrogen and oxygen atoms in total. The third-order valence-electron chi connectivity index (χ3n) is 4.17. The highest BCUT2D eigenvalue weighted by Crippen LogP contribution is 2.21. The van der Waals surface area contributed by atoms with Gasteiger partial charge in [0.15, 0.2) is 0 Å². The number of hydrogen-bond donors (Lipinski definition) is 2. The van der Waals surface area contributed by atoms with Crippen LogP contribution in [0.2, 0.25) is 0 Å². The van der Waals surface area contributed by atoms with Gasteiger partial charge < -0.3 is 5.32 Å². The summed E-state index contributed by atoms with van der Waals surface area (Å²) in [6, 6.07) is 17.9. The summed E-state index contributed by atoms with van der Waals surface area (Å²) in [6.07, 6.45) is 0.212. The van der Waals surface area contributed by atoms with Gasteiger partial charge in [-0.1, -0.05) is 44.2 Å². The van der Waals surface area contributed by atoms with Crippen LogP contribution in [0.4, 0.5) is 11.4 Å². The van der Waals surface area contributed by atoms with Crippen molar-refractivity contribution >= 4 is 38.6 Å². The van der Waals surface area contributed by atoms with Gasteiger partial charge in [-0.25, -0.2) is 8.42 Å². The standard InChI is InChI=1S/C21H22N2O3S2/c1-15(2)17-5-3-6-19(14-17)22-20(24)13-16-8-10-18(11-9-16)23-28(25,26)21-7-4-12-27-21/h3-12,14-15,23H,13H2,1-2H3,(H,22,24). The minimum absolute atomic E-state index is 0.118. The van der Waals surface area contributed by atoms with Gasteiger partial charge in [-0.3, -0.25) is 9.52 Å². The zero-order valence-corrected chi connectivity index (χ0v) is 17.3. The van der Waals surface area contributed by atoms with Crippen LogP contribution < -0.4 is 10.0 Å². The van der Waals surface area contributed by atoms with Gasteiger partial charge in [0, 0.05) is 11.4 Å². The molecule has 0 atom stereocenters. The molecule has 0 unspecified atom stereocenters. The van der Waals surface area contributed by atoms with Crippen LogP contribution in [0.1, 0.15) is 30.9 Å². The fraction of sp³-hybridized carbons (Fsp3) is 0.190. The molecule has 0 aliphatic carbocycles. The van der Waals surface area contributed by atoms with Gasteiger partial charge in [-0.05, 0) is 52.8 Å². The van der Waals surface area contributed by atoms with E-state index >= 15 is 0 Å². The second-order valence-corrected chi connectivity index (χ2v) is 9.60. The van der Waals surface area contributed by atoms with Crippen molar-refractivity contribution in [3.05, 3.63) is 77.2 Å². The number of amides is 1. The van der Waals surface area contributed by atoms with Crippen molar-refractivity contribution in [2.75, 3.05) is 10.0 Å². The number of anilines is 2. The Labute approximate surface area is 169 Å². The van der Waals surface area contributed by atoms with Crippen LogP contribution in [0.5, 0.6) is 0 Å². The Balaban J connectivity index is 1.61. The maximum Gasteiger partial charge on any atom is 0.271 e. The van der Waals surface area contributed by atoms with E-state index in [0.29, 0.717) is 11.6 Å². The molecule has 7 heteroatoms. The van der Waals surface area contributed by atoms with E-state index in [1.165, 1.54) is 5.56 Å². The molecule has 0 saturated carbocycles. The van der Waals surface area contributed by atoms with Crippen LogP contribution in [0.25, 0.3) is 0 Å². The van der Waals surface area contributed by atoms with Gasteiger partial charge in [0.2, 0.25) is 5.91 Å². The van der Waals surface area contributed by atoms with Crippen molar-refractivity contribution in [1.82, 2.24) is 0 Å². The smallest absolute Gasteiger partial charge is 0.271 e. The van der Waals surface area contributed by atoms with Crippen LogP contribution >= 0.6 is 11.3 Å². The quantitative estimate of drug-likeness (QED) is 0.580. The summed E-state index contributed by atoms with van der Waals surface area (Å²) in [7, 11) is -3.57. The first-order chi connectivity index (χ1) is 13.3. The molecule has 0 radical (unpaired) electrons. The van der Waals surface area contributed by atoms with E-state index in [1.807, 2.05) is 24.3 Å². The number of hydrogen-bond acceptors (Lipinski definition) is 4. The monoisotopic (exact) mass is 414 g/mol. The lowest BCUT2D eigenvalue weighted by Gasteiger charge is -2.10. The Morgan fingerprint density at radius 1 is 1.00 bits per heavy atom. The lowest BCUT2D eigenvalue weighted by molar-refractivity contribution is -0.115. The van der Waals surface area contributed by atoms with E-state index in [1.54, 1.807) is 41.8 Å². The van der Waals surface area contributed by atoms with E-state index in [4.69, 9.17) is 0 Å². The zero-order valence-electron chi connectivity index (χ0n) is 15.7. The topological polar surface area (TPSA) is 75.3 Å². The second kappa shape index (κ2) is 8.58. The number of rotatable bonds is 7. The SMILES string of the molecule is CC(C)c1cccc(NC(=O)Cc2ccc(NS(=O)(=O)c3cccs3)cc2)c1. The molecule has 2 N–H and O–H groups in total. The Hall–Kier alpha value is -2.64. The van der Waals surface area contributed by atoms with Gasteiger partial charge in [0.05, 0.1) is 6.42 Å². The normalized spacial score (nSPS) is 11.4. The van der Waals surface area contributed by atoms with Crippen molar-refractivity contribution in [3.63, 3.8) is 0 Å². The minimum Gasteiger partial charge on any atom is -0.326 e. The molecular weight excluding hydrogens is 392 g/mol. The first-order valence-corrected chi connectivity index (χ1v) is 11.2. The average molecular weight is 415 g/mol. The second-order valence-electron chi connectivity index (χ2n) is 6.74. The summed E-state index contributed by atoms with van der Waals surface area (Å²) in [5, 5.41) is 4.62. The number of carbonyl (C=O) groups excluding carboxylic acids is 1. The molecule has 0 bridgehead atoms. The van der Waals surface area contributed by atoms with E-state index in [-0.39, 0.29) is 16.5 Å². The Morgan fingerprint density at radius 3 is 2.39 bits per heavy atom. The third-order valence-corrected chi connectivity index (χ3v) is 6.95. The summed E-state index contributed by atoms with van der Waals surface area (Å²) in [5.41, 5.74) is 3.20. The molecule has 3 rings (SSSR count). The molecule has 146 valence electrons. The molecule has 2 aromatic carbocycles. The molecule has 0 aliphatic heterocycles. The third kappa shape index (κ3) is 5.21. The predicted octanol–water partition coefficient (Wildman–Crippen LogP) is 4.85. The Morgan fingerprint density at radius 2 is 1.75 bits per heavy atom. The highest BCUT2D eigenvalue weighted by molar-refractivity contribution is 7.94. The molecule has 0 saturated heterocycles. The first-order valence-electron chi connectivity index (χ1n) is 8.88. The molecule has 1 amide bonds. The van der Waals surface area contributed by atoms with E-state index in [9.17, 15) is 13.2 Å². The summed E-state index contributed by atoms with van der Waals surface area (Å²) < 4.78 is 27.3. The molecule has 3 aromatic rings. The van der Waals surface area contributed by atoms with Crippen LogP contribution in [0.15, 0.2) is 70.3 Å². The van der Waals surface area contributed by atoms with Gasteiger partial charge >= 0.3 is 0 Å². The molecular formula is C21H22N2O3S2. The maximum absolute atomic E-state index is 12.3. The number of sulfonamides is 1. The lowest BCUT2D eigenvalue weighted by atomic mass is 10.0. The number of nitrogens with one attached hydrogen (secondary N) is 2. The predicted molar refractivity (Wildman–Crippen MR) is 114 cm³/mol. The highest BCUT2D eigenvalue weighted by atomic mass is 32.2. The van der Waals surface area contributed by atoms with Gasteiger partial charge in [0.1, 0.15) is 4.21 Å². The summed E-state index contributed by atoms with van der Waals surface area (Å²) in [6.45, 7) is 4.21. The first kappa shape index (κ1) is 20.1. The Bertz CT molecular complexity index is 1040. The fourth-order valence-corrected chi connectivity index (χ4v) is 4.73. The summed E-state index contributed by atoms with van der Waals surface area (Å²) >= 11 is 1.16. The summed E-state index contributed by atoms with van der Waals surface area (Å²) in [5.74, 6) is 0.273. The van der Waals surface area contributed by atoms with Gasteiger partial charge in [0.25, 0.3) is 10.0 Å². The van der Waals surface area contributed by atoms with E-state index < -0.39 is 10.0 Å². The summed E-state index contributed by atoms with van der Waals surface area (Å²) in [4.78, 5) is 12.3. The minimum atomic E-state index is -3.57. The fourth-order valence-electron chi connectivity index (χ4n) is 2.68. The van der Waals surface area contributed by atoms with Crippen molar-refractivity contribution in [3.8, 4) is 0 Å².